The first-order chi connectivity index (χ1) is 15.0. The van der Waals surface area contributed by atoms with Crippen LogP contribution in [0.5, 0.6) is 0 Å². The zero-order valence-electron chi connectivity index (χ0n) is 17.8. The van der Waals surface area contributed by atoms with E-state index in [1.54, 1.807) is 6.08 Å². The summed E-state index contributed by atoms with van der Waals surface area (Å²) in [5, 5.41) is 14.3. The molecule has 0 radical (unpaired) electrons. The number of nitrogens with zero attached hydrogens (tertiary/aromatic N) is 4. The first-order valence-corrected chi connectivity index (χ1v) is 12.6. The maximum Gasteiger partial charge on any atom is 0.283 e. The molecule has 1 amide bonds. The largest absolute Gasteiger partial charge is 0.318 e. The van der Waals surface area contributed by atoms with Crippen LogP contribution in [0.15, 0.2) is 39.9 Å². The molecular formula is C21H20ClN5O3S2. The normalized spacial score (nSPS) is 17.7. The Balaban J connectivity index is 1.75. The number of fused-ring (bicyclic) bond motifs is 1. The SMILES string of the molecule is CCS(=O)(=O)C1=NN2C(=N)/C(=C/c3cc(C)n(-c4ccc(C)c(Cl)c4)c3C)C(=O)N=C2S1. The monoisotopic (exact) mass is 489 g/mol. The summed E-state index contributed by atoms with van der Waals surface area (Å²) in [6.45, 7) is 7.30. The van der Waals surface area contributed by atoms with Crippen LogP contribution in [0.3, 0.4) is 0 Å². The van der Waals surface area contributed by atoms with Gasteiger partial charge in [0, 0.05) is 22.1 Å². The van der Waals surface area contributed by atoms with Gasteiger partial charge < -0.3 is 4.57 Å². The Hall–Kier alpha value is -2.69. The van der Waals surface area contributed by atoms with Gasteiger partial charge in [-0.3, -0.25) is 10.2 Å². The fourth-order valence-electron chi connectivity index (χ4n) is 3.43. The van der Waals surface area contributed by atoms with Crippen LogP contribution in [0.1, 0.15) is 29.4 Å². The average Bonchev–Trinajstić information content (AvgIpc) is 3.29. The van der Waals surface area contributed by atoms with Crippen LogP contribution in [-0.4, -0.2) is 45.0 Å². The van der Waals surface area contributed by atoms with Crippen LogP contribution in [-0.2, 0) is 14.6 Å². The summed E-state index contributed by atoms with van der Waals surface area (Å²) < 4.78 is 26.2. The highest BCUT2D eigenvalue weighted by atomic mass is 35.5. The minimum atomic E-state index is -3.57. The molecule has 166 valence electrons. The third kappa shape index (κ3) is 3.72. The molecule has 1 aromatic heterocycles. The molecule has 0 fully saturated rings. The number of aryl methyl sites for hydroxylation is 2. The van der Waals surface area contributed by atoms with E-state index >= 15 is 0 Å². The molecule has 0 unspecified atom stereocenters. The van der Waals surface area contributed by atoms with Crippen molar-refractivity contribution in [2.45, 2.75) is 27.7 Å². The number of sulfone groups is 1. The maximum absolute atomic E-state index is 12.7. The predicted octanol–water partition coefficient (Wildman–Crippen LogP) is 4.07. The lowest BCUT2D eigenvalue weighted by Crippen LogP contribution is -2.35. The summed E-state index contributed by atoms with van der Waals surface area (Å²) in [7, 11) is -3.57. The van der Waals surface area contributed by atoms with Crippen LogP contribution in [0.2, 0.25) is 5.02 Å². The number of benzene rings is 1. The van der Waals surface area contributed by atoms with Crippen molar-refractivity contribution in [3.05, 3.63) is 57.4 Å². The van der Waals surface area contributed by atoms with Crippen molar-refractivity contribution in [2.75, 3.05) is 5.75 Å². The molecule has 0 saturated carbocycles. The van der Waals surface area contributed by atoms with E-state index < -0.39 is 15.7 Å². The number of halogens is 1. The van der Waals surface area contributed by atoms with Crippen LogP contribution in [0, 0.1) is 26.2 Å². The molecule has 2 aliphatic heterocycles. The summed E-state index contributed by atoms with van der Waals surface area (Å²) in [6.07, 6.45) is 1.59. The van der Waals surface area contributed by atoms with Crippen molar-refractivity contribution in [1.29, 1.82) is 5.41 Å². The number of nitrogens with one attached hydrogen (secondary N) is 1. The lowest BCUT2D eigenvalue weighted by molar-refractivity contribution is -0.114. The lowest BCUT2D eigenvalue weighted by atomic mass is 10.1. The van der Waals surface area contributed by atoms with Crippen molar-refractivity contribution in [2.24, 2.45) is 10.1 Å². The number of hydrazone groups is 1. The third-order valence-electron chi connectivity index (χ3n) is 5.27. The number of hydrogen-bond donors (Lipinski definition) is 1. The first-order valence-electron chi connectivity index (χ1n) is 9.72. The van der Waals surface area contributed by atoms with Crippen LogP contribution >= 0.6 is 23.4 Å². The molecule has 0 saturated heterocycles. The number of rotatable bonds is 3. The number of hydrogen-bond acceptors (Lipinski definition) is 6. The molecule has 0 aliphatic carbocycles. The van der Waals surface area contributed by atoms with Gasteiger partial charge in [0.2, 0.25) is 19.4 Å². The quantitative estimate of drug-likeness (QED) is 0.654. The number of carbonyl (C=O) groups is 1. The standard InChI is InChI=1S/C21H20ClN5O3S2/c1-5-32(29,30)21-25-27-18(23)16(19(28)24-20(27)31-21)9-14-8-12(3)26(13(14)4)15-7-6-11(2)17(22)10-15/h6-10,23H,5H2,1-4H3/b16-9-,23-18?. The molecule has 1 N–H and O–H groups in total. The molecule has 0 bridgehead atoms. The van der Waals surface area contributed by atoms with Gasteiger partial charge in [0.25, 0.3) is 5.91 Å². The van der Waals surface area contributed by atoms with E-state index in [0.29, 0.717) is 5.02 Å². The molecule has 4 rings (SSSR count). The maximum atomic E-state index is 12.7. The van der Waals surface area contributed by atoms with Crippen LogP contribution < -0.4 is 0 Å². The summed E-state index contributed by atoms with van der Waals surface area (Å²) in [5.41, 5.74) is 4.43. The minimum absolute atomic E-state index is 0.0374. The van der Waals surface area contributed by atoms with Gasteiger partial charge in [-0.05, 0) is 67.9 Å². The minimum Gasteiger partial charge on any atom is -0.318 e. The van der Waals surface area contributed by atoms with Crippen LogP contribution in [0.25, 0.3) is 11.8 Å². The summed E-state index contributed by atoms with van der Waals surface area (Å²) in [5.74, 6) is -0.946. The number of carbonyl (C=O) groups excluding carboxylic acids is 1. The second-order valence-corrected chi connectivity index (χ2v) is 11.2. The third-order valence-corrected chi connectivity index (χ3v) is 8.76. The second-order valence-electron chi connectivity index (χ2n) is 7.38. The van der Waals surface area contributed by atoms with Gasteiger partial charge in [-0.2, -0.15) is 10.0 Å². The van der Waals surface area contributed by atoms with Crippen molar-refractivity contribution < 1.29 is 13.2 Å². The fourth-order valence-corrected chi connectivity index (χ4v) is 5.77. The van der Waals surface area contributed by atoms with E-state index in [0.717, 1.165) is 45.0 Å². The molecule has 2 aliphatic rings. The molecule has 0 spiro atoms. The molecular weight excluding hydrogens is 470 g/mol. The Kier molecular flexibility index (Phi) is 5.64. The molecule has 3 heterocycles. The van der Waals surface area contributed by atoms with E-state index in [9.17, 15) is 13.2 Å². The summed E-state index contributed by atoms with van der Waals surface area (Å²) in [6, 6.07) is 7.69. The van der Waals surface area contributed by atoms with E-state index in [2.05, 4.69) is 10.1 Å². The van der Waals surface area contributed by atoms with Crippen molar-refractivity contribution in [3.8, 4) is 5.69 Å². The Labute approximate surface area is 195 Å². The number of aliphatic imine (C=N–C) groups is 1. The molecule has 11 heteroatoms. The molecule has 0 atom stereocenters. The smallest absolute Gasteiger partial charge is 0.283 e. The van der Waals surface area contributed by atoms with Gasteiger partial charge in [-0.1, -0.05) is 24.6 Å². The lowest BCUT2D eigenvalue weighted by Gasteiger charge is -2.20. The Morgan fingerprint density at radius 1 is 1.22 bits per heavy atom. The average molecular weight is 490 g/mol. The van der Waals surface area contributed by atoms with Crippen molar-refractivity contribution >= 4 is 60.6 Å². The van der Waals surface area contributed by atoms with Gasteiger partial charge in [-0.25, -0.2) is 8.42 Å². The highest BCUT2D eigenvalue weighted by Crippen LogP contribution is 2.32. The Bertz CT molecular complexity index is 1390. The summed E-state index contributed by atoms with van der Waals surface area (Å²) >= 11 is 7.08. The fraction of sp³-hybridized carbons (Fsp3) is 0.238. The van der Waals surface area contributed by atoms with E-state index in [-0.39, 0.29) is 26.7 Å². The second kappa shape index (κ2) is 8.02. The predicted molar refractivity (Wildman–Crippen MR) is 129 cm³/mol. The zero-order chi connectivity index (χ0) is 23.4. The van der Waals surface area contributed by atoms with Crippen molar-refractivity contribution in [1.82, 2.24) is 9.58 Å². The molecule has 8 nitrogen and oxygen atoms in total. The Morgan fingerprint density at radius 3 is 2.59 bits per heavy atom. The first kappa shape index (κ1) is 22.5. The van der Waals surface area contributed by atoms with Crippen LogP contribution in [0.4, 0.5) is 0 Å². The number of amides is 1. The highest BCUT2D eigenvalue weighted by Gasteiger charge is 2.39. The van der Waals surface area contributed by atoms with Gasteiger partial charge in [0.05, 0.1) is 11.3 Å². The number of aromatic nitrogens is 1. The topological polar surface area (TPSA) is 108 Å². The van der Waals surface area contributed by atoms with Gasteiger partial charge in [-0.15, -0.1) is 5.10 Å². The number of amidine groups is 2. The zero-order valence-corrected chi connectivity index (χ0v) is 20.2. The van der Waals surface area contributed by atoms with E-state index in [4.69, 9.17) is 17.0 Å². The van der Waals surface area contributed by atoms with Gasteiger partial charge in [0.1, 0.15) is 0 Å². The molecule has 2 aromatic rings. The van der Waals surface area contributed by atoms with E-state index in [1.165, 1.54) is 6.92 Å². The van der Waals surface area contributed by atoms with Gasteiger partial charge >= 0.3 is 0 Å². The molecule has 32 heavy (non-hydrogen) atoms. The highest BCUT2D eigenvalue weighted by molar-refractivity contribution is 8.42. The Morgan fingerprint density at radius 2 is 1.94 bits per heavy atom. The van der Waals surface area contributed by atoms with Gasteiger partial charge in [0.15, 0.2) is 5.84 Å². The van der Waals surface area contributed by atoms with E-state index in [1.807, 2.05) is 49.6 Å². The molecule has 1 aromatic carbocycles. The summed E-state index contributed by atoms with van der Waals surface area (Å²) in [4.78, 5) is 16.6. The number of thioether (sulfide) groups is 1. The van der Waals surface area contributed by atoms with Crippen molar-refractivity contribution in [3.63, 3.8) is 0 Å².